The third-order valence-corrected chi connectivity index (χ3v) is 10.8. The van der Waals surface area contributed by atoms with Crippen molar-refractivity contribution in [1.82, 2.24) is 0 Å². The Hall–Kier alpha value is -1.56. The van der Waals surface area contributed by atoms with Crippen LogP contribution in [0.5, 0.6) is 5.75 Å². The van der Waals surface area contributed by atoms with Gasteiger partial charge in [0.05, 0.1) is 26.4 Å². The number of benzene rings is 2. The second-order valence-electron chi connectivity index (χ2n) is 9.33. The summed E-state index contributed by atoms with van der Waals surface area (Å²) in [6.07, 6.45) is 0.870. The number of rotatable bonds is 6. The van der Waals surface area contributed by atoms with Crippen molar-refractivity contribution in [3.8, 4) is 5.75 Å². The molecule has 1 fully saturated rings. The molecular weight excluding hydrogens is 363 g/mol. The van der Waals surface area contributed by atoms with Gasteiger partial charge in [0.25, 0.3) is 0 Å². The van der Waals surface area contributed by atoms with Gasteiger partial charge in [-0.15, -0.1) is 0 Å². The van der Waals surface area contributed by atoms with E-state index in [0.29, 0.717) is 0 Å². The van der Waals surface area contributed by atoms with Gasteiger partial charge in [0.2, 0.25) is 0 Å². The zero-order valence-electron chi connectivity index (χ0n) is 18.3. The van der Waals surface area contributed by atoms with Gasteiger partial charge in [0.15, 0.2) is 0 Å². The molecule has 0 unspecified atom stereocenters. The van der Waals surface area contributed by atoms with Gasteiger partial charge in [-0.05, 0) is 51.2 Å². The lowest BCUT2D eigenvalue weighted by Crippen LogP contribution is -2.53. The van der Waals surface area contributed by atoms with Gasteiger partial charge in [-0.2, -0.15) is 0 Å². The smallest absolute Gasteiger partial charge is 0.458 e. The van der Waals surface area contributed by atoms with Gasteiger partial charge in [-0.1, -0.05) is 66.8 Å². The first-order chi connectivity index (χ1) is 13.1. The predicted octanol–water partition coefficient (Wildman–Crippen LogP) is 4.85. The lowest BCUT2D eigenvalue weighted by atomic mass is 9.80. The molecule has 3 rings (SSSR count). The maximum absolute atomic E-state index is 6.55. The Balaban J connectivity index is 2.02. The Morgan fingerprint density at radius 1 is 0.893 bits per heavy atom. The Labute approximate surface area is 171 Å². The molecule has 0 amide bonds. The zero-order valence-corrected chi connectivity index (χ0v) is 19.3. The topological polar surface area (TPSA) is 27.7 Å². The van der Waals surface area contributed by atoms with E-state index >= 15 is 0 Å². The molecule has 1 atom stereocenters. The molecule has 28 heavy (non-hydrogen) atoms. The minimum absolute atomic E-state index is 0.239. The summed E-state index contributed by atoms with van der Waals surface area (Å²) in [4.78, 5) is 0. The molecule has 5 heteroatoms. The summed E-state index contributed by atoms with van der Waals surface area (Å²) in [5.74, 6) is 0.932. The van der Waals surface area contributed by atoms with Gasteiger partial charge in [-0.25, -0.2) is 0 Å². The minimum Gasteiger partial charge on any atom is -0.496 e. The van der Waals surface area contributed by atoms with Crippen molar-refractivity contribution in [3.05, 3.63) is 60.2 Å². The summed E-state index contributed by atoms with van der Waals surface area (Å²) in [7, 11) is -0.424. The van der Waals surface area contributed by atoms with E-state index in [1.165, 1.54) is 10.8 Å². The van der Waals surface area contributed by atoms with Gasteiger partial charge in [0, 0.05) is 0 Å². The van der Waals surface area contributed by atoms with Crippen LogP contribution in [-0.2, 0) is 15.7 Å². The van der Waals surface area contributed by atoms with Crippen LogP contribution in [0.2, 0.25) is 18.5 Å². The highest BCUT2D eigenvalue weighted by Gasteiger charge is 2.57. The molecule has 2 aromatic rings. The SMILES string of the molecule is COc1ccccc1C[C@@H](B1OC(C)(C)C(C)(C)O1)[Si](C)(C)c1ccccc1. The Morgan fingerprint density at radius 3 is 2.00 bits per heavy atom. The average Bonchev–Trinajstić information content (AvgIpc) is 2.87. The number of hydrogen-bond donors (Lipinski definition) is 0. The second kappa shape index (κ2) is 7.70. The molecule has 2 aromatic carbocycles. The maximum atomic E-state index is 6.55. The highest BCUT2D eigenvalue weighted by Crippen LogP contribution is 2.44. The monoisotopic (exact) mass is 396 g/mol. The van der Waals surface area contributed by atoms with Crippen molar-refractivity contribution in [2.45, 2.75) is 63.9 Å². The van der Waals surface area contributed by atoms with E-state index in [1.807, 2.05) is 12.1 Å². The van der Waals surface area contributed by atoms with Crippen LogP contribution < -0.4 is 9.92 Å². The Bertz CT molecular complexity index is 789. The molecule has 0 radical (unpaired) electrons. The summed E-state index contributed by atoms with van der Waals surface area (Å²) in [5, 5.41) is 1.42. The van der Waals surface area contributed by atoms with E-state index < -0.39 is 8.07 Å². The van der Waals surface area contributed by atoms with Gasteiger partial charge < -0.3 is 14.0 Å². The standard InChI is InChI=1S/C23H33BO3Si/c1-22(2)23(3,4)27-24(26-22)21(17-18-13-11-12-16-20(18)25-5)28(6,7)19-14-9-8-10-15-19/h8-16,21H,17H2,1-7H3/t21-/m0/s1. The maximum Gasteiger partial charge on any atom is 0.458 e. The third-order valence-electron chi connectivity index (χ3n) is 6.68. The molecule has 0 saturated carbocycles. The fourth-order valence-electron chi connectivity index (χ4n) is 3.93. The average molecular weight is 396 g/mol. The molecule has 1 aliphatic heterocycles. The molecule has 1 heterocycles. The summed E-state index contributed by atoms with van der Waals surface area (Å²) in [6.45, 7) is 13.4. The van der Waals surface area contributed by atoms with Crippen LogP contribution in [0, 0.1) is 0 Å². The minimum atomic E-state index is -1.92. The first-order valence-corrected chi connectivity index (χ1v) is 13.2. The Morgan fingerprint density at radius 2 is 1.43 bits per heavy atom. The molecule has 1 saturated heterocycles. The van der Waals surface area contributed by atoms with Crippen LogP contribution in [0.3, 0.4) is 0 Å². The zero-order chi connectivity index (χ0) is 20.6. The highest BCUT2D eigenvalue weighted by atomic mass is 28.3. The highest BCUT2D eigenvalue weighted by molar-refractivity contribution is 6.97. The largest absolute Gasteiger partial charge is 0.496 e. The van der Waals surface area contributed by atoms with E-state index in [0.717, 1.165) is 12.2 Å². The van der Waals surface area contributed by atoms with Crippen LogP contribution in [0.4, 0.5) is 0 Å². The van der Waals surface area contributed by atoms with Crippen LogP contribution >= 0.6 is 0 Å². The van der Waals surface area contributed by atoms with Crippen molar-refractivity contribution < 1.29 is 14.0 Å². The number of hydrogen-bond acceptors (Lipinski definition) is 3. The molecule has 0 bridgehead atoms. The van der Waals surface area contributed by atoms with Crippen molar-refractivity contribution in [1.29, 1.82) is 0 Å². The van der Waals surface area contributed by atoms with Crippen LogP contribution in [0.1, 0.15) is 33.3 Å². The fourth-order valence-corrected chi connectivity index (χ4v) is 6.96. The van der Waals surface area contributed by atoms with Gasteiger partial charge >= 0.3 is 7.12 Å². The molecular formula is C23H33BO3Si. The molecule has 150 valence electrons. The number of methoxy groups -OCH3 is 1. The summed E-state index contributed by atoms with van der Waals surface area (Å²) < 4.78 is 18.7. The van der Waals surface area contributed by atoms with Crippen molar-refractivity contribution in [2.24, 2.45) is 0 Å². The summed E-state index contributed by atoms with van der Waals surface area (Å²) in [5.41, 5.74) is 0.795. The molecule has 0 spiro atoms. The van der Waals surface area contributed by atoms with Crippen molar-refractivity contribution in [3.63, 3.8) is 0 Å². The van der Waals surface area contributed by atoms with E-state index in [9.17, 15) is 0 Å². The summed E-state index contributed by atoms with van der Waals surface area (Å²) in [6, 6.07) is 19.2. The third kappa shape index (κ3) is 3.93. The lowest BCUT2D eigenvalue weighted by molar-refractivity contribution is 0.00578. The molecule has 0 aromatic heterocycles. The molecule has 0 N–H and O–H groups in total. The molecule has 0 aliphatic carbocycles. The van der Waals surface area contributed by atoms with Crippen LogP contribution in [0.15, 0.2) is 54.6 Å². The second-order valence-corrected chi connectivity index (χ2v) is 14.1. The van der Waals surface area contributed by atoms with E-state index in [2.05, 4.69) is 83.3 Å². The first-order valence-electron chi connectivity index (χ1n) is 10.1. The van der Waals surface area contributed by atoms with E-state index in [-0.39, 0.29) is 23.8 Å². The summed E-state index contributed by atoms with van der Waals surface area (Å²) >= 11 is 0. The fraction of sp³-hybridized carbons (Fsp3) is 0.478. The van der Waals surface area contributed by atoms with Crippen molar-refractivity contribution in [2.75, 3.05) is 7.11 Å². The quantitative estimate of drug-likeness (QED) is 0.653. The van der Waals surface area contributed by atoms with Gasteiger partial charge in [0.1, 0.15) is 5.75 Å². The predicted molar refractivity (Wildman–Crippen MR) is 120 cm³/mol. The normalized spacial score (nSPS) is 19.5. The Kier molecular flexibility index (Phi) is 5.81. The molecule has 3 nitrogen and oxygen atoms in total. The number of para-hydroxylation sites is 1. The first kappa shape index (κ1) is 21.2. The van der Waals surface area contributed by atoms with Crippen LogP contribution in [0.25, 0.3) is 0 Å². The van der Waals surface area contributed by atoms with Crippen LogP contribution in [-0.4, -0.2) is 33.5 Å². The van der Waals surface area contributed by atoms with Gasteiger partial charge in [-0.3, -0.25) is 0 Å². The van der Waals surface area contributed by atoms with Crippen molar-refractivity contribution >= 4 is 20.4 Å². The number of ether oxygens (including phenoxy) is 1. The lowest BCUT2D eigenvalue weighted by Gasteiger charge is -2.35. The molecule has 1 aliphatic rings. The van der Waals surface area contributed by atoms with E-state index in [4.69, 9.17) is 14.0 Å². The van der Waals surface area contributed by atoms with E-state index in [1.54, 1.807) is 7.11 Å².